The van der Waals surface area contributed by atoms with Crippen molar-refractivity contribution in [2.24, 2.45) is 5.92 Å². The number of carbonyl (C=O) groups is 2. The predicted octanol–water partition coefficient (Wildman–Crippen LogP) is 5.86. The summed E-state index contributed by atoms with van der Waals surface area (Å²) < 4.78 is 47.4. The van der Waals surface area contributed by atoms with Gasteiger partial charge in [-0.2, -0.15) is 13.8 Å². The Labute approximate surface area is 252 Å². The van der Waals surface area contributed by atoms with Gasteiger partial charge in [0.15, 0.2) is 0 Å². The second-order valence-corrected chi connectivity index (χ2v) is 10.9. The van der Waals surface area contributed by atoms with Crippen molar-refractivity contribution < 1.29 is 27.5 Å². The van der Waals surface area contributed by atoms with E-state index in [0.29, 0.717) is 30.5 Å². The second kappa shape index (κ2) is 12.2. The van der Waals surface area contributed by atoms with E-state index in [4.69, 9.17) is 10.5 Å². The number of benzene rings is 3. The molecule has 228 valence electrons. The first-order valence-corrected chi connectivity index (χ1v) is 13.9. The first-order chi connectivity index (χ1) is 20.9. The van der Waals surface area contributed by atoms with Crippen LogP contribution in [0.2, 0.25) is 0 Å². The summed E-state index contributed by atoms with van der Waals surface area (Å²) in [7, 11) is 0. The lowest BCUT2D eigenvalue weighted by molar-refractivity contribution is -0.142. The zero-order chi connectivity index (χ0) is 31.5. The third-order valence-corrected chi connectivity index (χ3v) is 7.36. The molecular weight excluding hydrogens is 573 g/mol. The number of aromatic nitrogens is 3. The number of alkyl halides is 2. The van der Waals surface area contributed by atoms with Crippen LogP contribution < -0.4 is 15.8 Å². The van der Waals surface area contributed by atoms with Gasteiger partial charge in [0.25, 0.3) is 0 Å². The first kappa shape index (κ1) is 30.3. The second-order valence-electron chi connectivity index (χ2n) is 10.9. The van der Waals surface area contributed by atoms with Crippen molar-refractivity contribution in [1.29, 1.82) is 0 Å². The maximum atomic E-state index is 13.8. The quantitative estimate of drug-likeness (QED) is 0.247. The van der Waals surface area contributed by atoms with Crippen molar-refractivity contribution in [3.05, 3.63) is 102 Å². The summed E-state index contributed by atoms with van der Waals surface area (Å²) in [5, 5.41) is 6.61. The molecule has 3 aromatic carbocycles. The Morgan fingerprint density at radius 2 is 1.70 bits per heavy atom. The SMILES string of the molecule is CC(F)(F)c1nc(N)n(CC(=O)N2CC(/C=C/c3ccccc3)CC2(C)C(=O)Nc2ccc(Oc3ccc(F)cc3)cc2)n1. The first-order valence-electron chi connectivity index (χ1n) is 13.9. The van der Waals surface area contributed by atoms with E-state index in [-0.39, 0.29) is 24.2 Å². The van der Waals surface area contributed by atoms with Crippen molar-refractivity contribution >= 4 is 29.5 Å². The van der Waals surface area contributed by atoms with Gasteiger partial charge in [-0.1, -0.05) is 42.5 Å². The molecule has 1 aromatic heterocycles. The average molecular weight is 605 g/mol. The third-order valence-electron chi connectivity index (χ3n) is 7.36. The van der Waals surface area contributed by atoms with Crippen molar-refractivity contribution in [2.45, 2.75) is 38.3 Å². The van der Waals surface area contributed by atoms with Crippen LogP contribution in [0.3, 0.4) is 0 Å². The monoisotopic (exact) mass is 604 g/mol. The van der Waals surface area contributed by atoms with Gasteiger partial charge < -0.3 is 20.7 Å². The van der Waals surface area contributed by atoms with Crippen LogP contribution in [0.5, 0.6) is 11.5 Å². The highest BCUT2D eigenvalue weighted by Crippen LogP contribution is 2.36. The maximum Gasteiger partial charge on any atom is 0.305 e. The molecule has 2 atom stereocenters. The molecule has 1 aliphatic heterocycles. The standard InChI is InChI=1S/C32H31F3N6O3/c1-31(29(43)37-24-12-16-26(17-13-24)44-25-14-10-23(33)11-15-25)18-22(9-8-21-6-4-3-5-7-21)19-40(31)27(42)20-41-30(36)38-28(39-41)32(2,34)35/h3-17,22H,18-20H2,1-2H3,(H,37,43)(H2,36,38,39)/b9-8+. The Balaban J connectivity index is 1.34. The number of nitrogens with zero attached hydrogens (tertiary/aromatic N) is 4. The van der Waals surface area contributed by atoms with Gasteiger partial charge in [0.1, 0.15) is 29.4 Å². The fourth-order valence-corrected chi connectivity index (χ4v) is 5.03. The highest BCUT2D eigenvalue weighted by atomic mass is 19.3. The van der Waals surface area contributed by atoms with E-state index in [2.05, 4.69) is 15.4 Å². The molecule has 1 saturated heterocycles. The van der Waals surface area contributed by atoms with E-state index in [1.54, 1.807) is 31.2 Å². The number of hydrogen-bond donors (Lipinski definition) is 2. The Morgan fingerprint density at radius 1 is 1.07 bits per heavy atom. The summed E-state index contributed by atoms with van der Waals surface area (Å²) in [5.74, 6) is -5.03. The van der Waals surface area contributed by atoms with Crippen LogP contribution in [0.25, 0.3) is 6.08 Å². The van der Waals surface area contributed by atoms with Gasteiger partial charge >= 0.3 is 5.92 Å². The smallest absolute Gasteiger partial charge is 0.305 e. The lowest BCUT2D eigenvalue weighted by atomic mass is 9.92. The molecule has 2 amide bonds. The molecule has 0 saturated carbocycles. The Hall–Kier alpha value is -5.13. The number of anilines is 2. The number of rotatable bonds is 9. The molecule has 2 unspecified atom stereocenters. The van der Waals surface area contributed by atoms with Crippen LogP contribution in [-0.2, 0) is 22.1 Å². The number of hydrogen-bond acceptors (Lipinski definition) is 6. The largest absolute Gasteiger partial charge is 0.457 e. The fraction of sp³-hybridized carbons (Fsp3) is 0.250. The number of nitrogens with two attached hydrogens (primary N) is 1. The Kier molecular flexibility index (Phi) is 8.43. The molecular formula is C32H31F3N6O3. The minimum absolute atomic E-state index is 0.176. The summed E-state index contributed by atoms with van der Waals surface area (Å²) in [4.78, 5) is 32.4. The maximum absolute atomic E-state index is 13.8. The molecule has 5 rings (SSSR count). The highest BCUT2D eigenvalue weighted by molar-refractivity contribution is 6.00. The summed E-state index contributed by atoms with van der Waals surface area (Å²) in [5.41, 5.74) is 5.93. The molecule has 0 spiro atoms. The van der Waals surface area contributed by atoms with Gasteiger partial charge in [0.05, 0.1) is 0 Å². The van der Waals surface area contributed by atoms with E-state index in [0.717, 1.165) is 10.2 Å². The zero-order valence-electron chi connectivity index (χ0n) is 24.1. The van der Waals surface area contributed by atoms with Crippen LogP contribution >= 0.6 is 0 Å². The van der Waals surface area contributed by atoms with Crippen molar-refractivity contribution in [3.63, 3.8) is 0 Å². The van der Waals surface area contributed by atoms with Crippen molar-refractivity contribution in [3.8, 4) is 11.5 Å². The van der Waals surface area contributed by atoms with Crippen molar-refractivity contribution in [1.82, 2.24) is 19.7 Å². The molecule has 44 heavy (non-hydrogen) atoms. The van der Waals surface area contributed by atoms with Crippen molar-refractivity contribution in [2.75, 3.05) is 17.6 Å². The van der Waals surface area contributed by atoms with Gasteiger partial charge in [-0.25, -0.2) is 9.07 Å². The summed E-state index contributed by atoms with van der Waals surface area (Å²) in [6, 6.07) is 21.8. The van der Waals surface area contributed by atoms with Crippen LogP contribution in [0.1, 0.15) is 31.7 Å². The molecule has 0 bridgehead atoms. The van der Waals surface area contributed by atoms with Crippen LogP contribution in [-0.4, -0.2) is 43.6 Å². The van der Waals surface area contributed by atoms with E-state index < -0.39 is 35.6 Å². The van der Waals surface area contributed by atoms with Crippen LogP contribution in [0, 0.1) is 11.7 Å². The molecule has 9 nitrogen and oxygen atoms in total. The molecule has 0 radical (unpaired) electrons. The Bertz CT molecular complexity index is 1650. The molecule has 4 aromatic rings. The zero-order valence-corrected chi connectivity index (χ0v) is 24.1. The van der Waals surface area contributed by atoms with Gasteiger partial charge in [0, 0.05) is 19.2 Å². The highest BCUT2D eigenvalue weighted by Gasteiger charge is 2.49. The summed E-state index contributed by atoms with van der Waals surface area (Å²) in [6.07, 6.45) is 4.20. The number of likely N-dealkylation sites (tertiary alicyclic amines) is 1. The van der Waals surface area contributed by atoms with Gasteiger partial charge in [-0.3, -0.25) is 9.59 Å². The Morgan fingerprint density at radius 3 is 2.32 bits per heavy atom. The lowest BCUT2D eigenvalue weighted by Gasteiger charge is -2.33. The minimum atomic E-state index is -3.34. The number of nitrogens with one attached hydrogen (secondary N) is 1. The van der Waals surface area contributed by atoms with E-state index >= 15 is 0 Å². The van der Waals surface area contributed by atoms with E-state index in [9.17, 15) is 22.8 Å². The average Bonchev–Trinajstić information content (AvgIpc) is 3.54. The van der Waals surface area contributed by atoms with E-state index in [1.807, 2.05) is 42.5 Å². The number of amides is 2. The molecule has 1 fully saturated rings. The fourth-order valence-electron chi connectivity index (χ4n) is 5.03. The topological polar surface area (TPSA) is 115 Å². The third kappa shape index (κ3) is 6.91. The summed E-state index contributed by atoms with van der Waals surface area (Å²) in [6.45, 7) is 2.05. The molecule has 1 aliphatic rings. The van der Waals surface area contributed by atoms with Gasteiger partial charge in [0.2, 0.25) is 23.6 Å². The molecule has 12 heteroatoms. The number of nitrogen functional groups attached to an aromatic ring is 1. The number of ether oxygens (including phenoxy) is 1. The van der Waals surface area contributed by atoms with Crippen LogP contribution in [0.15, 0.2) is 84.9 Å². The predicted molar refractivity (Wildman–Crippen MR) is 159 cm³/mol. The lowest BCUT2D eigenvalue weighted by Crippen LogP contribution is -2.54. The minimum Gasteiger partial charge on any atom is -0.457 e. The van der Waals surface area contributed by atoms with Gasteiger partial charge in [-0.15, -0.1) is 5.10 Å². The van der Waals surface area contributed by atoms with Gasteiger partial charge in [-0.05, 0) is 73.4 Å². The van der Waals surface area contributed by atoms with E-state index in [1.165, 1.54) is 29.2 Å². The molecule has 3 N–H and O–H groups in total. The number of halogens is 3. The van der Waals surface area contributed by atoms with Crippen LogP contribution in [0.4, 0.5) is 24.8 Å². The number of carbonyl (C=O) groups excluding carboxylic acids is 2. The molecule has 0 aliphatic carbocycles. The summed E-state index contributed by atoms with van der Waals surface area (Å²) >= 11 is 0. The normalized spacial score (nSPS) is 18.5. The molecule has 2 heterocycles.